The number of hydrogen-bond donors (Lipinski definition) is 3. The number of carboxylic acids is 1. The van der Waals surface area contributed by atoms with E-state index in [4.69, 9.17) is 10.8 Å². The number of nitrogens with zero attached hydrogens (tertiary/aromatic N) is 3. The van der Waals surface area contributed by atoms with Crippen molar-refractivity contribution in [3.05, 3.63) is 0 Å². The lowest BCUT2D eigenvalue weighted by Gasteiger charge is -2.03. The van der Waals surface area contributed by atoms with Crippen LogP contribution in [0.3, 0.4) is 0 Å². The van der Waals surface area contributed by atoms with Gasteiger partial charge in [0.15, 0.2) is 5.16 Å². The standard InChI is InChI=1S/C9H15N5O3S/c1-14-8(10)12-13-9(14)18-5-6(15)11-4-2-3-7(16)17/h2-5H2,1H3,(H2,10,12)(H,11,15)(H,16,17). The van der Waals surface area contributed by atoms with Crippen molar-refractivity contribution in [1.82, 2.24) is 20.1 Å². The van der Waals surface area contributed by atoms with E-state index in [-0.39, 0.29) is 18.1 Å². The van der Waals surface area contributed by atoms with Crippen LogP contribution < -0.4 is 11.1 Å². The Labute approximate surface area is 108 Å². The lowest BCUT2D eigenvalue weighted by atomic mass is 10.3. The largest absolute Gasteiger partial charge is 0.481 e. The van der Waals surface area contributed by atoms with Crippen molar-refractivity contribution in [1.29, 1.82) is 0 Å². The van der Waals surface area contributed by atoms with Crippen molar-refractivity contribution in [3.63, 3.8) is 0 Å². The Hall–Kier alpha value is -1.77. The number of amides is 1. The molecule has 1 aromatic rings. The Morgan fingerprint density at radius 1 is 1.50 bits per heavy atom. The van der Waals surface area contributed by atoms with Gasteiger partial charge in [0.2, 0.25) is 11.9 Å². The molecule has 4 N–H and O–H groups in total. The second kappa shape index (κ2) is 6.84. The van der Waals surface area contributed by atoms with Gasteiger partial charge in [-0.05, 0) is 6.42 Å². The average Bonchev–Trinajstić information content (AvgIpc) is 2.63. The molecule has 0 spiro atoms. The molecule has 0 aliphatic heterocycles. The Bertz CT molecular complexity index is 434. The smallest absolute Gasteiger partial charge is 0.303 e. The minimum Gasteiger partial charge on any atom is -0.481 e. The predicted octanol–water partition coefficient (Wildman–Crippen LogP) is -0.530. The molecule has 1 amide bonds. The number of anilines is 1. The predicted molar refractivity (Wildman–Crippen MR) is 66.0 cm³/mol. The summed E-state index contributed by atoms with van der Waals surface area (Å²) in [7, 11) is 1.71. The first-order valence-corrected chi connectivity index (χ1v) is 6.25. The van der Waals surface area contributed by atoms with Crippen LogP contribution in [0.15, 0.2) is 5.16 Å². The zero-order valence-corrected chi connectivity index (χ0v) is 10.7. The van der Waals surface area contributed by atoms with Crippen molar-refractivity contribution in [2.45, 2.75) is 18.0 Å². The van der Waals surface area contributed by atoms with Crippen LogP contribution in [0, 0.1) is 0 Å². The van der Waals surface area contributed by atoms with Gasteiger partial charge in [-0.25, -0.2) is 0 Å². The van der Waals surface area contributed by atoms with E-state index in [1.165, 1.54) is 11.8 Å². The molecule has 0 fully saturated rings. The van der Waals surface area contributed by atoms with E-state index in [0.29, 0.717) is 24.1 Å². The molecule has 100 valence electrons. The molecule has 0 saturated carbocycles. The van der Waals surface area contributed by atoms with Gasteiger partial charge in [-0.15, -0.1) is 10.2 Å². The third-order valence-corrected chi connectivity index (χ3v) is 3.11. The van der Waals surface area contributed by atoms with Crippen LogP contribution in [0.1, 0.15) is 12.8 Å². The summed E-state index contributed by atoms with van der Waals surface area (Å²) in [5, 5.41) is 19.1. The number of aromatic nitrogens is 3. The zero-order chi connectivity index (χ0) is 13.5. The molecule has 0 aromatic carbocycles. The molecule has 0 radical (unpaired) electrons. The molecule has 1 aromatic heterocycles. The van der Waals surface area contributed by atoms with E-state index in [1.807, 2.05) is 0 Å². The van der Waals surface area contributed by atoms with E-state index in [0.717, 1.165) is 0 Å². The summed E-state index contributed by atoms with van der Waals surface area (Å²) < 4.78 is 1.59. The fraction of sp³-hybridized carbons (Fsp3) is 0.556. The number of carboxylic acid groups (broad SMARTS) is 1. The highest BCUT2D eigenvalue weighted by molar-refractivity contribution is 7.99. The van der Waals surface area contributed by atoms with Gasteiger partial charge in [0.1, 0.15) is 0 Å². The third-order valence-electron chi connectivity index (χ3n) is 2.09. The number of nitrogen functional groups attached to an aromatic ring is 1. The molecule has 0 aliphatic rings. The van der Waals surface area contributed by atoms with Gasteiger partial charge < -0.3 is 16.2 Å². The SMILES string of the molecule is Cn1c(N)nnc1SCC(=O)NCCCC(=O)O. The highest BCUT2D eigenvalue weighted by Gasteiger charge is 2.09. The third kappa shape index (κ3) is 4.62. The number of nitrogens with two attached hydrogens (primary N) is 1. The van der Waals surface area contributed by atoms with Crippen molar-refractivity contribution in [3.8, 4) is 0 Å². The molecule has 0 bridgehead atoms. The highest BCUT2D eigenvalue weighted by atomic mass is 32.2. The van der Waals surface area contributed by atoms with Gasteiger partial charge in [-0.3, -0.25) is 14.2 Å². The number of rotatable bonds is 7. The number of carbonyl (C=O) groups excluding carboxylic acids is 1. The fourth-order valence-electron chi connectivity index (χ4n) is 1.10. The average molecular weight is 273 g/mol. The van der Waals surface area contributed by atoms with E-state index < -0.39 is 5.97 Å². The van der Waals surface area contributed by atoms with Crippen molar-refractivity contribution in [2.24, 2.45) is 7.05 Å². The van der Waals surface area contributed by atoms with Gasteiger partial charge in [-0.2, -0.15) is 0 Å². The van der Waals surface area contributed by atoms with Crippen LogP contribution >= 0.6 is 11.8 Å². The maximum atomic E-state index is 11.4. The first-order valence-electron chi connectivity index (χ1n) is 5.27. The van der Waals surface area contributed by atoms with E-state index in [9.17, 15) is 9.59 Å². The second-order valence-corrected chi connectivity index (χ2v) is 4.48. The van der Waals surface area contributed by atoms with Gasteiger partial charge in [0.25, 0.3) is 0 Å². The molecule has 8 nitrogen and oxygen atoms in total. The number of nitrogens with one attached hydrogen (secondary N) is 1. The molecule has 0 atom stereocenters. The minimum absolute atomic E-state index is 0.0489. The number of carbonyl (C=O) groups is 2. The van der Waals surface area contributed by atoms with E-state index in [1.54, 1.807) is 11.6 Å². The normalized spacial score (nSPS) is 10.3. The first-order chi connectivity index (χ1) is 8.50. The summed E-state index contributed by atoms with van der Waals surface area (Å²) in [6.45, 7) is 0.354. The summed E-state index contributed by atoms with van der Waals surface area (Å²) in [6, 6.07) is 0. The lowest BCUT2D eigenvalue weighted by Crippen LogP contribution is -2.26. The van der Waals surface area contributed by atoms with Gasteiger partial charge >= 0.3 is 5.97 Å². The fourth-order valence-corrected chi connectivity index (χ4v) is 1.85. The van der Waals surface area contributed by atoms with Crippen molar-refractivity contribution in [2.75, 3.05) is 18.0 Å². The van der Waals surface area contributed by atoms with Crippen LogP contribution in [0.25, 0.3) is 0 Å². The summed E-state index contributed by atoms with van der Waals surface area (Å²) in [6.07, 6.45) is 0.468. The molecule has 0 aliphatic carbocycles. The quantitative estimate of drug-likeness (QED) is 0.450. The molecular formula is C9H15N5O3S. The summed E-state index contributed by atoms with van der Waals surface area (Å²) in [5.41, 5.74) is 5.49. The minimum atomic E-state index is -0.867. The van der Waals surface area contributed by atoms with Gasteiger partial charge in [-0.1, -0.05) is 11.8 Å². The maximum absolute atomic E-state index is 11.4. The Morgan fingerprint density at radius 2 is 2.22 bits per heavy atom. The highest BCUT2D eigenvalue weighted by Crippen LogP contribution is 2.15. The molecule has 9 heteroatoms. The summed E-state index contributed by atoms with van der Waals surface area (Å²) in [4.78, 5) is 21.7. The first kappa shape index (κ1) is 14.3. The molecule has 1 heterocycles. The molecule has 0 unspecified atom stereocenters. The monoisotopic (exact) mass is 273 g/mol. The number of aliphatic carboxylic acids is 1. The van der Waals surface area contributed by atoms with Gasteiger partial charge in [0, 0.05) is 20.0 Å². The molecule has 18 heavy (non-hydrogen) atoms. The molecule has 1 rings (SSSR count). The van der Waals surface area contributed by atoms with E-state index in [2.05, 4.69) is 15.5 Å². The van der Waals surface area contributed by atoms with Crippen LogP contribution in [-0.4, -0.2) is 44.0 Å². The van der Waals surface area contributed by atoms with Gasteiger partial charge in [0.05, 0.1) is 5.75 Å². The topological polar surface area (TPSA) is 123 Å². The Kier molecular flexibility index (Phi) is 5.43. The molecule has 0 saturated heterocycles. The van der Waals surface area contributed by atoms with E-state index >= 15 is 0 Å². The van der Waals surface area contributed by atoms with Crippen LogP contribution in [0.5, 0.6) is 0 Å². The van der Waals surface area contributed by atoms with Crippen molar-refractivity contribution >= 4 is 29.6 Å². The number of hydrogen-bond acceptors (Lipinski definition) is 6. The Morgan fingerprint density at radius 3 is 2.78 bits per heavy atom. The van der Waals surface area contributed by atoms with Crippen LogP contribution in [-0.2, 0) is 16.6 Å². The Balaban J connectivity index is 2.21. The summed E-state index contributed by atoms with van der Waals surface area (Å²) in [5.74, 6) is -0.557. The lowest BCUT2D eigenvalue weighted by molar-refractivity contribution is -0.137. The maximum Gasteiger partial charge on any atom is 0.303 e. The van der Waals surface area contributed by atoms with Crippen LogP contribution in [0.4, 0.5) is 5.95 Å². The zero-order valence-electron chi connectivity index (χ0n) is 9.92. The van der Waals surface area contributed by atoms with Crippen LogP contribution in [0.2, 0.25) is 0 Å². The molecular weight excluding hydrogens is 258 g/mol. The van der Waals surface area contributed by atoms with Crippen molar-refractivity contribution < 1.29 is 14.7 Å². The second-order valence-electron chi connectivity index (χ2n) is 3.54. The summed E-state index contributed by atoms with van der Waals surface area (Å²) >= 11 is 1.22. The number of thioether (sulfide) groups is 1.